The minimum absolute atomic E-state index is 0.100. The molecule has 27 heavy (non-hydrogen) atoms. The highest BCUT2D eigenvalue weighted by molar-refractivity contribution is 5.91. The number of carbonyl (C=O) groups excluding carboxylic acids is 3. The van der Waals surface area contributed by atoms with Crippen LogP contribution in [0.5, 0.6) is 5.75 Å². The molecule has 0 spiro atoms. The van der Waals surface area contributed by atoms with Gasteiger partial charge in [-0.25, -0.2) is 0 Å². The Balaban J connectivity index is 3.08. The Morgan fingerprint density at radius 1 is 1.26 bits per heavy atom. The summed E-state index contributed by atoms with van der Waals surface area (Å²) in [6.07, 6.45) is -0.100. The third-order valence-corrected chi connectivity index (χ3v) is 3.87. The monoisotopic (exact) mass is 380 g/mol. The number of methoxy groups -OCH3 is 1. The van der Waals surface area contributed by atoms with Crippen molar-refractivity contribution in [1.29, 1.82) is 0 Å². The van der Waals surface area contributed by atoms with Gasteiger partial charge in [0.25, 0.3) is 5.69 Å². The second kappa shape index (κ2) is 9.51. The number of carbonyl (C=O) groups is 3. The maximum atomic E-state index is 12.5. The summed E-state index contributed by atoms with van der Waals surface area (Å²) in [6.45, 7) is 4.76. The summed E-state index contributed by atoms with van der Waals surface area (Å²) in [6, 6.07) is 1.95. The highest BCUT2D eigenvalue weighted by Crippen LogP contribution is 2.25. The van der Waals surface area contributed by atoms with E-state index in [0.717, 1.165) is 0 Å². The van der Waals surface area contributed by atoms with Crippen molar-refractivity contribution in [2.45, 2.75) is 39.3 Å². The topological polar surface area (TPSA) is 154 Å². The standard InChI is InChI=1S/C17H24N4O6/c1-9(2)15(19-10(3)22)17(24)20-13(16(18)23)8-11-7-12(21(25)26)5-6-14(11)27-4/h5-7,9,13,15H,8H2,1-4H3,(H2,18,23)(H,19,22)(H,20,24)/t13-,15-/m1/s1. The number of nitro groups is 1. The van der Waals surface area contributed by atoms with Crippen LogP contribution in [0.1, 0.15) is 26.3 Å². The second-order valence-corrected chi connectivity index (χ2v) is 6.34. The van der Waals surface area contributed by atoms with E-state index in [2.05, 4.69) is 10.6 Å². The van der Waals surface area contributed by atoms with Crippen LogP contribution in [0.2, 0.25) is 0 Å². The Bertz CT molecular complexity index is 734. The third kappa shape index (κ3) is 6.24. The molecule has 3 amide bonds. The van der Waals surface area contributed by atoms with E-state index in [9.17, 15) is 24.5 Å². The third-order valence-electron chi connectivity index (χ3n) is 3.87. The molecule has 0 aliphatic heterocycles. The van der Waals surface area contributed by atoms with E-state index < -0.39 is 28.8 Å². The highest BCUT2D eigenvalue weighted by atomic mass is 16.6. The first-order valence-corrected chi connectivity index (χ1v) is 8.24. The molecule has 0 bridgehead atoms. The fraction of sp³-hybridized carbons (Fsp3) is 0.471. The van der Waals surface area contributed by atoms with Crippen molar-refractivity contribution in [3.8, 4) is 5.75 Å². The lowest BCUT2D eigenvalue weighted by Gasteiger charge is -2.24. The molecule has 0 unspecified atom stereocenters. The molecule has 10 heteroatoms. The van der Waals surface area contributed by atoms with Crippen LogP contribution in [-0.2, 0) is 20.8 Å². The molecule has 1 aromatic rings. The zero-order valence-corrected chi connectivity index (χ0v) is 15.6. The Morgan fingerprint density at radius 3 is 2.33 bits per heavy atom. The number of non-ortho nitro benzene ring substituents is 1. The number of nitrogens with zero attached hydrogens (tertiary/aromatic N) is 1. The van der Waals surface area contributed by atoms with Gasteiger partial charge < -0.3 is 21.1 Å². The Kier molecular flexibility index (Phi) is 7.70. The maximum absolute atomic E-state index is 12.5. The summed E-state index contributed by atoms with van der Waals surface area (Å²) >= 11 is 0. The van der Waals surface area contributed by atoms with Gasteiger partial charge in [-0.3, -0.25) is 24.5 Å². The molecule has 148 valence electrons. The van der Waals surface area contributed by atoms with Crippen LogP contribution in [0, 0.1) is 16.0 Å². The minimum Gasteiger partial charge on any atom is -0.496 e. The SMILES string of the molecule is COc1ccc([N+](=O)[O-])cc1C[C@@H](NC(=O)[C@H](NC(C)=O)C(C)C)C(N)=O. The van der Waals surface area contributed by atoms with Crippen molar-refractivity contribution in [2.24, 2.45) is 11.7 Å². The molecular weight excluding hydrogens is 356 g/mol. The van der Waals surface area contributed by atoms with E-state index >= 15 is 0 Å². The molecule has 0 saturated carbocycles. The number of amides is 3. The van der Waals surface area contributed by atoms with Gasteiger partial charge in [-0.2, -0.15) is 0 Å². The number of hydrogen-bond acceptors (Lipinski definition) is 6. The number of benzene rings is 1. The van der Waals surface area contributed by atoms with Crippen molar-refractivity contribution in [1.82, 2.24) is 10.6 Å². The van der Waals surface area contributed by atoms with Gasteiger partial charge in [-0.15, -0.1) is 0 Å². The van der Waals surface area contributed by atoms with Gasteiger partial charge in [0.15, 0.2) is 0 Å². The zero-order valence-electron chi connectivity index (χ0n) is 15.6. The van der Waals surface area contributed by atoms with Crippen LogP contribution >= 0.6 is 0 Å². The molecule has 1 aromatic carbocycles. The van der Waals surface area contributed by atoms with Gasteiger partial charge in [0.2, 0.25) is 17.7 Å². The van der Waals surface area contributed by atoms with Crippen LogP contribution < -0.4 is 21.1 Å². The lowest BCUT2D eigenvalue weighted by Crippen LogP contribution is -2.55. The first kappa shape index (κ1) is 21.9. The van der Waals surface area contributed by atoms with E-state index in [-0.39, 0.29) is 23.9 Å². The second-order valence-electron chi connectivity index (χ2n) is 6.34. The quantitative estimate of drug-likeness (QED) is 0.413. The molecule has 0 fully saturated rings. The minimum atomic E-state index is -1.14. The van der Waals surface area contributed by atoms with Gasteiger partial charge in [0.05, 0.1) is 12.0 Å². The Morgan fingerprint density at radius 2 is 1.89 bits per heavy atom. The summed E-state index contributed by atoms with van der Waals surface area (Å²) in [4.78, 5) is 46.0. The summed E-state index contributed by atoms with van der Waals surface area (Å²) in [5.74, 6) is -1.69. The number of nitrogens with two attached hydrogens (primary N) is 1. The zero-order chi connectivity index (χ0) is 20.7. The lowest BCUT2D eigenvalue weighted by atomic mass is 10.0. The molecule has 2 atom stereocenters. The first-order chi connectivity index (χ1) is 12.6. The van der Waals surface area contributed by atoms with Gasteiger partial charge >= 0.3 is 0 Å². The highest BCUT2D eigenvalue weighted by Gasteiger charge is 2.28. The molecule has 0 saturated heterocycles. The largest absolute Gasteiger partial charge is 0.496 e. The van der Waals surface area contributed by atoms with Crippen LogP contribution in [0.25, 0.3) is 0 Å². The van der Waals surface area contributed by atoms with Crippen molar-refractivity contribution >= 4 is 23.4 Å². The van der Waals surface area contributed by atoms with Crippen LogP contribution in [0.15, 0.2) is 18.2 Å². The maximum Gasteiger partial charge on any atom is 0.269 e. The predicted molar refractivity (Wildman–Crippen MR) is 96.9 cm³/mol. The summed E-state index contributed by atoms with van der Waals surface area (Å²) in [5.41, 5.74) is 5.55. The average molecular weight is 380 g/mol. The van der Waals surface area contributed by atoms with Crippen LogP contribution in [0.4, 0.5) is 5.69 Å². The predicted octanol–water partition coefficient (Wildman–Crippen LogP) is 0.277. The molecule has 10 nitrogen and oxygen atoms in total. The molecule has 1 rings (SSSR count). The van der Waals surface area contributed by atoms with E-state index in [1.54, 1.807) is 13.8 Å². The van der Waals surface area contributed by atoms with Crippen molar-refractivity contribution in [3.05, 3.63) is 33.9 Å². The smallest absolute Gasteiger partial charge is 0.269 e. The fourth-order valence-corrected chi connectivity index (χ4v) is 2.50. The van der Waals surface area contributed by atoms with Crippen LogP contribution in [-0.4, -0.2) is 41.8 Å². The van der Waals surface area contributed by atoms with Gasteiger partial charge in [-0.1, -0.05) is 13.8 Å². The molecule has 0 aromatic heterocycles. The van der Waals surface area contributed by atoms with Gasteiger partial charge in [-0.05, 0) is 12.0 Å². The van der Waals surface area contributed by atoms with Crippen LogP contribution in [0.3, 0.4) is 0 Å². The molecule has 0 radical (unpaired) electrons. The van der Waals surface area contributed by atoms with E-state index in [0.29, 0.717) is 11.3 Å². The molecule has 0 aliphatic rings. The molecule has 0 aliphatic carbocycles. The number of nitro benzene ring substituents is 1. The molecular formula is C17H24N4O6. The average Bonchev–Trinajstić information content (AvgIpc) is 2.58. The first-order valence-electron chi connectivity index (χ1n) is 8.24. The van der Waals surface area contributed by atoms with E-state index in [1.165, 1.54) is 32.2 Å². The van der Waals surface area contributed by atoms with Crippen molar-refractivity contribution in [2.75, 3.05) is 7.11 Å². The Labute approximate surface area is 156 Å². The Hall–Kier alpha value is -3.17. The fourth-order valence-electron chi connectivity index (χ4n) is 2.50. The molecule has 0 heterocycles. The van der Waals surface area contributed by atoms with Crippen molar-refractivity contribution in [3.63, 3.8) is 0 Å². The van der Waals surface area contributed by atoms with Crippen molar-refractivity contribution < 1.29 is 24.0 Å². The number of primary amides is 1. The van der Waals surface area contributed by atoms with Gasteiger partial charge in [0, 0.05) is 31.0 Å². The number of rotatable bonds is 9. The number of ether oxygens (including phenoxy) is 1. The number of hydrogen-bond donors (Lipinski definition) is 3. The summed E-state index contributed by atoms with van der Waals surface area (Å²) in [7, 11) is 1.38. The normalized spacial score (nSPS) is 12.8. The lowest BCUT2D eigenvalue weighted by molar-refractivity contribution is -0.384. The molecule has 4 N–H and O–H groups in total. The number of nitrogens with one attached hydrogen (secondary N) is 2. The van der Waals surface area contributed by atoms with E-state index in [4.69, 9.17) is 10.5 Å². The summed E-state index contributed by atoms with van der Waals surface area (Å²) < 4.78 is 5.16. The van der Waals surface area contributed by atoms with Gasteiger partial charge in [0.1, 0.15) is 17.8 Å². The summed E-state index contributed by atoms with van der Waals surface area (Å²) in [5, 5.41) is 16.0. The van der Waals surface area contributed by atoms with E-state index in [1.807, 2.05) is 0 Å².